The fourth-order valence-corrected chi connectivity index (χ4v) is 3.08. The van der Waals surface area contributed by atoms with Crippen molar-refractivity contribution in [2.45, 2.75) is 0 Å². The third-order valence-electron chi connectivity index (χ3n) is 3.07. The summed E-state index contributed by atoms with van der Waals surface area (Å²) in [5.41, 5.74) is 1.03. The van der Waals surface area contributed by atoms with Crippen LogP contribution in [0.4, 0.5) is 5.82 Å². The Morgan fingerprint density at radius 1 is 1.06 bits per heavy atom. The minimum atomic E-state index is 1.01. The molecular formula is C12H12I2N4. The van der Waals surface area contributed by atoms with E-state index in [-0.39, 0.29) is 0 Å². The van der Waals surface area contributed by atoms with E-state index in [2.05, 4.69) is 77.5 Å². The van der Waals surface area contributed by atoms with E-state index in [1.807, 2.05) is 0 Å². The van der Waals surface area contributed by atoms with Gasteiger partial charge in [-0.15, -0.1) is 0 Å². The van der Waals surface area contributed by atoms with E-state index in [0.717, 1.165) is 42.9 Å². The van der Waals surface area contributed by atoms with Crippen molar-refractivity contribution in [3.05, 3.63) is 25.6 Å². The summed E-state index contributed by atoms with van der Waals surface area (Å²) in [5, 5.41) is 4.52. The number of fused-ring (bicyclic) bond motifs is 1. The van der Waals surface area contributed by atoms with Gasteiger partial charge in [0, 0.05) is 38.7 Å². The molecule has 0 atom stereocenters. The van der Waals surface area contributed by atoms with Gasteiger partial charge in [0.25, 0.3) is 0 Å². The average molecular weight is 466 g/mol. The Morgan fingerprint density at radius 3 is 2.56 bits per heavy atom. The minimum Gasteiger partial charge on any atom is -0.353 e. The maximum atomic E-state index is 4.48. The molecule has 0 aliphatic carbocycles. The molecule has 1 N–H and O–H groups in total. The molecular weight excluding hydrogens is 454 g/mol. The van der Waals surface area contributed by atoms with Crippen molar-refractivity contribution in [2.24, 2.45) is 0 Å². The number of hydrogen-bond donors (Lipinski definition) is 1. The summed E-state index contributed by atoms with van der Waals surface area (Å²) in [6, 6.07) is 4.32. The van der Waals surface area contributed by atoms with E-state index >= 15 is 0 Å². The monoisotopic (exact) mass is 466 g/mol. The Bertz CT molecular complexity index is 582. The molecule has 0 saturated carbocycles. The smallest absolute Gasteiger partial charge is 0.140 e. The van der Waals surface area contributed by atoms with Crippen molar-refractivity contribution < 1.29 is 0 Å². The number of nitrogens with one attached hydrogen (secondary N) is 1. The predicted octanol–water partition coefficient (Wildman–Crippen LogP) is 2.25. The van der Waals surface area contributed by atoms with Crippen LogP contribution in [-0.2, 0) is 0 Å². The van der Waals surface area contributed by atoms with Crippen LogP contribution in [0.3, 0.4) is 0 Å². The van der Waals surface area contributed by atoms with Crippen LogP contribution in [0.2, 0.25) is 0 Å². The highest BCUT2D eigenvalue weighted by atomic mass is 127. The number of anilines is 1. The molecule has 1 aliphatic heterocycles. The zero-order valence-electron chi connectivity index (χ0n) is 9.66. The normalized spacial score (nSPS) is 16.2. The van der Waals surface area contributed by atoms with Crippen LogP contribution in [0, 0.1) is 7.14 Å². The summed E-state index contributed by atoms with van der Waals surface area (Å²) in [6.07, 6.45) is 1.67. The second kappa shape index (κ2) is 5.41. The fourth-order valence-electron chi connectivity index (χ4n) is 2.17. The Labute approximate surface area is 133 Å². The number of benzene rings is 1. The van der Waals surface area contributed by atoms with Gasteiger partial charge in [0.2, 0.25) is 0 Å². The molecule has 6 heteroatoms. The molecule has 2 aromatic rings. The topological polar surface area (TPSA) is 41.1 Å². The molecule has 1 aromatic carbocycles. The number of hydrogen-bond acceptors (Lipinski definition) is 4. The molecule has 18 heavy (non-hydrogen) atoms. The van der Waals surface area contributed by atoms with Crippen molar-refractivity contribution in [2.75, 3.05) is 31.1 Å². The maximum absolute atomic E-state index is 4.48. The van der Waals surface area contributed by atoms with Crippen LogP contribution in [0.1, 0.15) is 0 Å². The zero-order chi connectivity index (χ0) is 12.5. The SMILES string of the molecule is Ic1cc2ncnc(N3CCNCC3)c2cc1I. The van der Waals surface area contributed by atoms with Gasteiger partial charge in [-0.3, -0.25) is 0 Å². The highest BCUT2D eigenvalue weighted by molar-refractivity contribution is 14.1. The van der Waals surface area contributed by atoms with Crippen LogP contribution >= 0.6 is 45.2 Å². The quantitative estimate of drug-likeness (QED) is 0.656. The summed E-state index contributed by atoms with van der Waals surface area (Å²) in [5.74, 6) is 1.07. The molecule has 1 saturated heterocycles. The first-order chi connectivity index (χ1) is 8.75. The van der Waals surface area contributed by atoms with Gasteiger partial charge in [-0.05, 0) is 57.3 Å². The Kier molecular flexibility index (Phi) is 3.85. The van der Waals surface area contributed by atoms with Crippen molar-refractivity contribution in [1.82, 2.24) is 15.3 Å². The van der Waals surface area contributed by atoms with Gasteiger partial charge in [-0.2, -0.15) is 0 Å². The largest absolute Gasteiger partial charge is 0.353 e. The molecule has 1 aliphatic rings. The van der Waals surface area contributed by atoms with E-state index in [9.17, 15) is 0 Å². The maximum Gasteiger partial charge on any atom is 0.140 e. The molecule has 0 amide bonds. The van der Waals surface area contributed by atoms with E-state index in [1.54, 1.807) is 6.33 Å². The third kappa shape index (κ3) is 2.42. The lowest BCUT2D eigenvalue weighted by Crippen LogP contribution is -2.44. The number of halogens is 2. The van der Waals surface area contributed by atoms with Crippen molar-refractivity contribution in [1.29, 1.82) is 0 Å². The summed E-state index contributed by atoms with van der Waals surface area (Å²) >= 11 is 4.71. The molecule has 1 fully saturated rings. The molecule has 94 valence electrons. The molecule has 4 nitrogen and oxygen atoms in total. The lowest BCUT2D eigenvalue weighted by Gasteiger charge is -2.29. The van der Waals surface area contributed by atoms with Crippen molar-refractivity contribution in [3.8, 4) is 0 Å². The Morgan fingerprint density at radius 2 is 1.78 bits per heavy atom. The summed E-state index contributed by atoms with van der Waals surface area (Å²) in [6.45, 7) is 4.06. The van der Waals surface area contributed by atoms with Crippen molar-refractivity contribution >= 4 is 61.9 Å². The molecule has 0 bridgehead atoms. The number of piperazine rings is 1. The number of aromatic nitrogens is 2. The van der Waals surface area contributed by atoms with Crippen LogP contribution < -0.4 is 10.2 Å². The van der Waals surface area contributed by atoms with Gasteiger partial charge in [-0.25, -0.2) is 9.97 Å². The molecule has 0 spiro atoms. The molecule has 2 heterocycles. The van der Waals surface area contributed by atoms with Crippen LogP contribution in [0.5, 0.6) is 0 Å². The Hall–Kier alpha value is -0.220. The lowest BCUT2D eigenvalue weighted by molar-refractivity contribution is 0.586. The van der Waals surface area contributed by atoms with Gasteiger partial charge in [0.15, 0.2) is 0 Å². The van der Waals surface area contributed by atoms with Gasteiger partial charge in [0.05, 0.1) is 5.52 Å². The molecule has 0 unspecified atom stereocenters. The molecule has 0 radical (unpaired) electrons. The third-order valence-corrected chi connectivity index (χ3v) is 5.89. The van der Waals surface area contributed by atoms with Crippen LogP contribution in [-0.4, -0.2) is 36.1 Å². The Balaban J connectivity index is 2.13. The average Bonchev–Trinajstić information content (AvgIpc) is 2.40. The van der Waals surface area contributed by atoms with Gasteiger partial charge >= 0.3 is 0 Å². The van der Waals surface area contributed by atoms with Crippen LogP contribution in [0.15, 0.2) is 18.5 Å². The first-order valence-corrected chi connectivity index (χ1v) is 7.97. The van der Waals surface area contributed by atoms with E-state index in [0.29, 0.717) is 0 Å². The van der Waals surface area contributed by atoms with Gasteiger partial charge < -0.3 is 10.2 Å². The second-order valence-electron chi connectivity index (χ2n) is 4.22. The fraction of sp³-hybridized carbons (Fsp3) is 0.333. The van der Waals surface area contributed by atoms with E-state index in [1.165, 1.54) is 7.14 Å². The number of rotatable bonds is 1. The highest BCUT2D eigenvalue weighted by Gasteiger charge is 2.15. The number of nitrogens with zero attached hydrogens (tertiary/aromatic N) is 3. The van der Waals surface area contributed by atoms with E-state index in [4.69, 9.17) is 0 Å². The zero-order valence-corrected chi connectivity index (χ0v) is 14.0. The molecule has 1 aromatic heterocycles. The summed E-state index contributed by atoms with van der Waals surface area (Å²) < 4.78 is 2.50. The highest BCUT2D eigenvalue weighted by Crippen LogP contribution is 2.27. The van der Waals surface area contributed by atoms with Crippen molar-refractivity contribution in [3.63, 3.8) is 0 Å². The van der Waals surface area contributed by atoms with Gasteiger partial charge in [-0.1, -0.05) is 0 Å². The summed E-state index contributed by atoms with van der Waals surface area (Å²) in [7, 11) is 0. The predicted molar refractivity (Wildman–Crippen MR) is 90.1 cm³/mol. The van der Waals surface area contributed by atoms with E-state index < -0.39 is 0 Å². The van der Waals surface area contributed by atoms with Gasteiger partial charge in [0.1, 0.15) is 12.1 Å². The molecule has 3 rings (SSSR count). The first-order valence-electron chi connectivity index (χ1n) is 5.81. The second-order valence-corrected chi connectivity index (χ2v) is 6.54. The first kappa shape index (κ1) is 12.8. The minimum absolute atomic E-state index is 1.01. The van der Waals surface area contributed by atoms with Crippen LogP contribution in [0.25, 0.3) is 10.9 Å². The standard InChI is InChI=1S/C12H12I2N4/c13-9-5-8-11(6-10(9)14)16-7-17-12(8)18-3-1-15-2-4-18/h5-7,15H,1-4H2. The summed E-state index contributed by atoms with van der Waals surface area (Å²) in [4.78, 5) is 11.2. The lowest BCUT2D eigenvalue weighted by atomic mass is 10.2.